The summed E-state index contributed by atoms with van der Waals surface area (Å²) in [5.74, 6) is -2.48. The zero-order valence-electron chi connectivity index (χ0n) is 17.1. The predicted molar refractivity (Wildman–Crippen MR) is 128 cm³/mol. The number of carbonyl (C=O) groups is 3. The van der Waals surface area contributed by atoms with Crippen LogP contribution in [0.15, 0.2) is 48.5 Å². The maximum Gasteiger partial charge on any atom is 0.273 e. The fraction of sp³-hybridized carbons (Fsp3) is 0.318. The minimum absolute atomic E-state index is 0.0329. The Labute approximate surface area is 211 Å². The zero-order chi connectivity index (χ0) is 23.9. The molecule has 1 saturated heterocycles. The van der Waals surface area contributed by atoms with E-state index in [-0.39, 0.29) is 27.4 Å². The van der Waals surface area contributed by atoms with Gasteiger partial charge < -0.3 is 0 Å². The molecule has 0 bridgehead atoms. The van der Waals surface area contributed by atoms with Gasteiger partial charge in [-0.05, 0) is 42.7 Å². The summed E-state index contributed by atoms with van der Waals surface area (Å²) in [5.41, 5.74) is 0.630. The number of imide groups is 1. The second kappa shape index (κ2) is 9.52. The van der Waals surface area contributed by atoms with Crippen molar-refractivity contribution in [2.75, 3.05) is 0 Å². The monoisotopic (exact) mass is 597 g/mol. The predicted octanol–water partition coefficient (Wildman–Crippen LogP) is 4.73. The Bertz CT molecular complexity index is 1080. The molecule has 8 nitrogen and oxygen atoms in total. The SMILES string of the molecule is O=C(c1ccc([N+](=O)[O-])cc1)N(Cc1ccc(Cl)cc1)N1C(=O)[C@H]2C[C@@H](Br)[C@@H](Br)C[C@H]2C1=O. The average Bonchev–Trinajstić information content (AvgIpc) is 3.02. The van der Waals surface area contributed by atoms with Crippen LogP contribution in [-0.4, -0.2) is 42.3 Å². The quantitative estimate of drug-likeness (QED) is 0.214. The molecule has 1 heterocycles. The molecule has 2 aromatic carbocycles. The molecule has 4 atom stereocenters. The number of non-ortho nitro benzene ring substituents is 1. The number of halogens is 3. The number of fused-ring (bicyclic) bond motifs is 1. The standard InChI is InChI=1S/C22H18Br2ClN3O5/c23-18-9-16-17(10-19(18)24)22(31)27(21(16)30)26(11-12-1-5-14(25)6-2-12)20(29)13-3-7-15(8-4-13)28(32)33/h1-8,16-19H,9-11H2/t16-,17+,18+,19-. The maximum atomic E-state index is 13.5. The molecule has 11 heteroatoms. The van der Waals surface area contributed by atoms with Crippen LogP contribution in [0.4, 0.5) is 5.69 Å². The van der Waals surface area contributed by atoms with E-state index in [1.165, 1.54) is 24.3 Å². The molecular formula is C22H18Br2ClN3O5. The fourth-order valence-corrected chi connectivity index (χ4v) is 5.55. The van der Waals surface area contributed by atoms with Crippen LogP contribution >= 0.6 is 43.5 Å². The maximum absolute atomic E-state index is 13.5. The number of alkyl halides is 2. The van der Waals surface area contributed by atoms with Gasteiger partial charge in [-0.2, -0.15) is 5.01 Å². The van der Waals surface area contributed by atoms with Crippen molar-refractivity contribution in [1.29, 1.82) is 0 Å². The van der Waals surface area contributed by atoms with Gasteiger partial charge in [0.15, 0.2) is 0 Å². The van der Waals surface area contributed by atoms with Crippen LogP contribution in [0.3, 0.4) is 0 Å². The molecule has 172 valence electrons. The number of nitro groups is 1. The number of amides is 3. The van der Waals surface area contributed by atoms with Crippen LogP contribution in [0.25, 0.3) is 0 Å². The summed E-state index contributed by atoms with van der Waals surface area (Å²) < 4.78 is 0. The number of hydrogen-bond acceptors (Lipinski definition) is 5. The highest BCUT2D eigenvalue weighted by atomic mass is 79.9. The first kappa shape index (κ1) is 23.8. The van der Waals surface area contributed by atoms with E-state index in [9.17, 15) is 24.5 Å². The lowest BCUT2D eigenvalue weighted by atomic mass is 9.81. The molecule has 3 amide bonds. The number of hydrogen-bond donors (Lipinski definition) is 0. The second-order valence-corrected chi connectivity index (χ2v) is 10.8. The summed E-state index contributed by atoms with van der Waals surface area (Å²) in [4.78, 5) is 50.6. The van der Waals surface area contributed by atoms with Crippen LogP contribution in [0.2, 0.25) is 5.02 Å². The van der Waals surface area contributed by atoms with E-state index in [2.05, 4.69) is 31.9 Å². The van der Waals surface area contributed by atoms with Gasteiger partial charge in [-0.25, -0.2) is 5.01 Å². The van der Waals surface area contributed by atoms with Crippen molar-refractivity contribution in [3.05, 3.63) is 74.8 Å². The summed E-state index contributed by atoms with van der Waals surface area (Å²) >= 11 is 13.1. The lowest BCUT2D eigenvalue weighted by Gasteiger charge is -2.30. The Balaban J connectivity index is 1.70. The molecule has 0 radical (unpaired) electrons. The van der Waals surface area contributed by atoms with Crippen molar-refractivity contribution in [3.63, 3.8) is 0 Å². The van der Waals surface area contributed by atoms with Gasteiger partial charge in [-0.3, -0.25) is 24.5 Å². The van der Waals surface area contributed by atoms with Gasteiger partial charge in [0.05, 0.1) is 23.3 Å². The summed E-state index contributed by atoms with van der Waals surface area (Å²) in [5, 5.41) is 13.6. The van der Waals surface area contributed by atoms with Gasteiger partial charge in [0.1, 0.15) is 0 Å². The Kier molecular flexibility index (Phi) is 6.88. The first-order valence-electron chi connectivity index (χ1n) is 10.1. The Hall–Kier alpha value is -2.30. The van der Waals surface area contributed by atoms with Crippen molar-refractivity contribution < 1.29 is 19.3 Å². The molecular weight excluding hydrogens is 582 g/mol. The molecule has 0 unspecified atom stereocenters. The molecule has 2 aromatic rings. The molecule has 0 spiro atoms. The molecule has 0 aromatic heterocycles. The third-order valence-corrected chi connectivity index (χ3v) is 8.92. The third-order valence-electron chi connectivity index (χ3n) is 5.93. The highest BCUT2D eigenvalue weighted by Crippen LogP contribution is 2.44. The summed E-state index contributed by atoms with van der Waals surface area (Å²) in [6.07, 6.45) is 0.949. The van der Waals surface area contributed by atoms with Gasteiger partial charge >= 0.3 is 0 Å². The summed E-state index contributed by atoms with van der Waals surface area (Å²) in [6.45, 7) is -0.0423. The first-order valence-corrected chi connectivity index (χ1v) is 12.3. The van der Waals surface area contributed by atoms with E-state index in [0.29, 0.717) is 23.4 Å². The smallest absolute Gasteiger partial charge is 0.272 e. The largest absolute Gasteiger partial charge is 0.273 e. The van der Waals surface area contributed by atoms with Crippen LogP contribution in [-0.2, 0) is 16.1 Å². The lowest BCUT2D eigenvalue weighted by molar-refractivity contribution is -0.384. The van der Waals surface area contributed by atoms with Gasteiger partial charge in [0.25, 0.3) is 23.4 Å². The topological polar surface area (TPSA) is 101 Å². The summed E-state index contributed by atoms with van der Waals surface area (Å²) in [7, 11) is 0. The van der Waals surface area contributed by atoms with E-state index in [0.717, 1.165) is 10.0 Å². The average molecular weight is 600 g/mol. The lowest BCUT2D eigenvalue weighted by Crippen LogP contribution is -2.49. The zero-order valence-corrected chi connectivity index (χ0v) is 21.0. The Morgan fingerprint density at radius 3 is 2.00 bits per heavy atom. The third kappa shape index (κ3) is 4.69. The van der Waals surface area contributed by atoms with E-state index < -0.39 is 34.5 Å². The molecule has 1 aliphatic carbocycles. The van der Waals surface area contributed by atoms with E-state index >= 15 is 0 Å². The van der Waals surface area contributed by atoms with Gasteiger partial charge in [0, 0.05) is 32.4 Å². The molecule has 0 N–H and O–H groups in total. The van der Waals surface area contributed by atoms with Crippen molar-refractivity contribution in [1.82, 2.24) is 10.0 Å². The molecule has 1 aliphatic heterocycles. The van der Waals surface area contributed by atoms with E-state index in [1.807, 2.05) is 0 Å². The van der Waals surface area contributed by atoms with E-state index in [4.69, 9.17) is 11.6 Å². The molecule has 33 heavy (non-hydrogen) atoms. The number of carbonyl (C=O) groups excluding carboxylic acids is 3. The van der Waals surface area contributed by atoms with Gasteiger partial charge in [0.2, 0.25) is 0 Å². The van der Waals surface area contributed by atoms with E-state index in [1.54, 1.807) is 24.3 Å². The Morgan fingerprint density at radius 2 is 1.52 bits per heavy atom. The van der Waals surface area contributed by atoms with Crippen molar-refractivity contribution in [2.24, 2.45) is 11.8 Å². The number of hydrazine groups is 1. The second-order valence-electron chi connectivity index (χ2n) is 8.00. The van der Waals surface area contributed by atoms with Crippen LogP contribution < -0.4 is 0 Å². The van der Waals surface area contributed by atoms with Gasteiger partial charge in [-0.15, -0.1) is 0 Å². The molecule has 4 rings (SSSR count). The van der Waals surface area contributed by atoms with Crippen molar-refractivity contribution in [3.8, 4) is 0 Å². The number of benzene rings is 2. The number of nitrogens with zero attached hydrogens (tertiary/aromatic N) is 3. The van der Waals surface area contributed by atoms with Crippen molar-refractivity contribution >= 4 is 66.9 Å². The highest BCUT2D eigenvalue weighted by Gasteiger charge is 2.54. The van der Waals surface area contributed by atoms with Crippen LogP contribution in [0.1, 0.15) is 28.8 Å². The summed E-state index contributed by atoms with van der Waals surface area (Å²) in [6, 6.07) is 11.8. The molecule has 2 fully saturated rings. The van der Waals surface area contributed by atoms with Crippen LogP contribution in [0, 0.1) is 22.0 Å². The number of rotatable bonds is 5. The highest BCUT2D eigenvalue weighted by molar-refractivity contribution is 9.12. The number of nitro benzene ring substituents is 1. The fourth-order valence-electron chi connectivity index (χ4n) is 4.19. The molecule has 1 saturated carbocycles. The Morgan fingerprint density at radius 1 is 1.00 bits per heavy atom. The first-order chi connectivity index (χ1) is 15.7. The minimum Gasteiger partial charge on any atom is -0.272 e. The van der Waals surface area contributed by atoms with Crippen LogP contribution in [0.5, 0.6) is 0 Å². The van der Waals surface area contributed by atoms with Crippen molar-refractivity contribution in [2.45, 2.75) is 29.0 Å². The van der Waals surface area contributed by atoms with Gasteiger partial charge in [-0.1, -0.05) is 55.6 Å². The minimum atomic E-state index is -0.606. The normalized spacial score (nSPS) is 24.5. The molecule has 2 aliphatic rings.